The van der Waals surface area contributed by atoms with Gasteiger partial charge in [-0.25, -0.2) is 0 Å². The number of hydrogen-bond acceptors (Lipinski definition) is 4. The summed E-state index contributed by atoms with van der Waals surface area (Å²) in [6.07, 6.45) is 3.25. The minimum absolute atomic E-state index is 0.279. The summed E-state index contributed by atoms with van der Waals surface area (Å²) in [7, 11) is 2.33. The fourth-order valence-corrected chi connectivity index (χ4v) is 3.28. The maximum atomic E-state index is 12.0. The number of nitrogens with two attached hydrogens (primary N) is 1. The number of methoxy groups -OCH3 is 2. The third-order valence-electron chi connectivity index (χ3n) is 3.18. The van der Waals surface area contributed by atoms with Crippen LogP contribution >= 0.6 is 0 Å². The molecule has 2 atom stereocenters. The Labute approximate surface area is 124 Å². The van der Waals surface area contributed by atoms with Crippen molar-refractivity contribution in [3.8, 4) is 11.5 Å². The number of ether oxygens (including phenoxy) is 2. The molecule has 0 heterocycles. The van der Waals surface area contributed by atoms with Crippen molar-refractivity contribution in [3.05, 3.63) is 23.8 Å². The first-order valence-electron chi connectivity index (χ1n) is 6.94. The van der Waals surface area contributed by atoms with E-state index < -0.39 is 10.8 Å². The Kier molecular flexibility index (Phi) is 7.62. The number of unbranched alkanes of at least 4 members (excludes halogenated alkanes) is 2. The third kappa shape index (κ3) is 5.13. The molecule has 5 heteroatoms. The standard InChI is InChI=1S/C15H25NO3S/c1-4-5-6-9-20(17)11-14(16)13-8-7-12(18-2)10-15(13)19-3/h7-8,10,14H,4-6,9,11,16H2,1-3H3. The molecule has 4 nitrogen and oxygen atoms in total. The molecule has 0 amide bonds. The fraction of sp³-hybridized carbons (Fsp3) is 0.600. The van der Waals surface area contributed by atoms with Gasteiger partial charge in [-0.1, -0.05) is 25.8 Å². The summed E-state index contributed by atoms with van der Waals surface area (Å²) in [5.41, 5.74) is 7.03. The number of hydrogen-bond donors (Lipinski definition) is 1. The Morgan fingerprint density at radius 1 is 1.25 bits per heavy atom. The third-order valence-corrected chi connectivity index (χ3v) is 4.66. The van der Waals surface area contributed by atoms with Crippen LogP contribution in [0.15, 0.2) is 18.2 Å². The molecule has 1 rings (SSSR count). The molecule has 0 aromatic heterocycles. The minimum Gasteiger partial charge on any atom is -0.497 e. The normalized spacial score (nSPS) is 13.8. The molecule has 114 valence electrons. The van der Waals surface area contributed by atoms with Crippen molar-refractivity contribution in [1.82, 2.24) is 0 Å². The molecule has 0 aliphatic carbocycles. The van der Waals surface area contributed by atoms with Crippen molar-refractivity contribution in [3.63, 3.8) is 0 Å². The van der Waals surface area contributed by atoms with Gasteiger partial charge in [0.1, 0.15) is 11.5 Å². The van der Waals surface area contributed by atoms with Crippen LogP contribution in [0.1, 0.15) is 37.8 Å². The molecule has 0 aliphatic rings. The second kappa shape index (κ2) is 8.97. The average molecular weight is 299 g/mol. The van der Waals surface area contributed by atoms with E-state index >= 15 is 0 Å². The van der Waals surface area contributed by atoms with E-state index in [2.05, 4.69) is 6.92 Å². The van der Waals surface area contributed by atoms with Crippen molar-refractivity contribution in [2.45, 2.75) is 32.2 Å². The average Bonchev–Trinajstić information content (AvgIpc) is 2.46. The quantitative estimate of drug-likeness (QED) is 0.712. The number of benzene rings is 1. The zero-order valence-corrected chi connectivity index (χ0v) is 13.4. The maximum absolute atomic E-state index is 12.0. The van der Waals surface area contributed by atoms with Gasteiger partial charge in [-0.05, 0) is 12.5 Å². The highest BCUT2D eigenvalue weighted by Crippen LogP contribution is 2.28. The zero-order chi connectivity index (χ0) is 15.0. The van der Waals surface area contributed by atoms with E-state index in [0.717, 1.165) is 36.3 Å². The molecule has 0 radical (unpaired) electrons. The highest BCUT2D eigenvalue weighted by Gasteiger charge is 2.15. The smallest absolute Gasteiger partial charge is 0.127 e. The van der Waals surface area contributed by atoms with Crippen molar-refractivity contribution in [2.24, 2.45) is 5.73 Å². The van der Waals surface area contributed by atoms with Gasteiger partial charge in [-0.3, -0.25) is 4.21 Å². The lowest BCUT2D eigenvalue weighted by Crippen LogP contribution is -2.20. The lowest BCUT2D eigenvalue weighted by Gasteiger charge is -2.16. The van der Waals surface area contributed by atoms with Crippen LogP contribution in [-0.2, 0) is 10.8 Å². The summed E-state index contributed by atoms with van der Waals surface area (Å²) < 4.78 is 22.5. The summed E-state index contributed by atoms with van der Waals surface area (Å²) in [6, 6.07) is 5.25. The van der Waals surface area contributed by atoms with Crippen LogP contribution in [0.3, 0.4) is 0 Å². The van der Waals surface area contributed by atoms with Gasteiger partial charge in [0.05, 0.1) is 14.2 Å². The molecular formula is C15H25NO3S. The molecule has 0 bridgehead atoms. The van der Waals surface area contributed by atoms with Gasteiger partial charge in [0.15, 0.2) is 0 Å². The molecule has 0 aliphatic heterocycles. The second-order valence-electron chi connectivity index (χ2n) is 4.73. The predicted molar refractivity (Wildman–Crippen MR) is 83.9 cm³/mol. The van der Waals surface area contributed by atoms with Crippen LogP contribution in [0.25, 0.3) is 0 Å². The summed E-state index contributed by atoms with van der Waals surface area (Å²) >= 11 is 0. The summed E-state index contributed by atoms with van der Waals surface area (Å²) in [6.45, 7) is 2.14. The topological polar surface area (TPSA) is 61.6 Å². The molecule has 2 unspecified atom stereocenters. The summed E-state index contributed by atoms with van der Waals surface area (Å²) in [5, 5.41) is 0. The van der Waals surface area contributed by atoms with Gasteiger partial charge in [0, 0.05) is 40.0 Å². The van der Waals surface area contributed by atoms with E-state index in [1.807, 2.05) is 12.1 Å². The Bertz CT molecular complexity index is 437. The molecule has 20 heavy (non-hydrogen) atoms. The second-order valence-corrected chi connectivity index (χ2v) is 6.35. The predicted octanol–water partition coefficient (Wildman–Crippen LogP) is 2.64. The fourth-order valence-electron chi connectivity index (χ4n) is 2.01. The lowest BCUT2D eigenvalue weighted by molar-refractivity contribution is 0.389. The largest absolute Gasteiger partial charge is 0.497 e. The molecule has 1 aromatic rings. The molecule has 2 N–H and O–H groups in total. The Morgan fingerprint density at radius 3 is 2.60 bits per heavy atom. The van der Waals surface area contributed by atoms with Crippen molar-refractivity contribution in [2.75, 3.05) is 25.7 Å². The van der Waals surface area contributed by atoms with E-state index in [1.54, 1.807) is 20.3 Å². The van der Waals surface area contributed by atoms with E-state index in [0.29, 0.717) is 11.5 Å². The zero-order valence-electron chi connectivity index (χ0n) is 12.6. The molecule has 0 saturated carbocycles. The van der Waals surface area contributed by atoms with Gasteiger partial charge < -0.3 is 15.2 Å². The molecular weight excluding hydrogens is 274 g/mol. The van der Waals surface area contributed by atoms with E-state index in [9.17, 15) is 4.21 Å². The maximum Gasteiger partial charge on any atom is 0.127 e. The van der Waals surface area contributed by atoms with Gasteiger partial charge in [0.25, 0.3) is 0 Å². The molecule has 1 aromatic carbocycles. The Hall–Kier alpha value is -1.07. The molecule has 0 fully saturated rings. The van der Waals surface area contributed by atoms with Gasteiger partial charge >= 0.3 is 0 Å². The van der Waals surface area contributed by atoms with Gasteiger partial charge in [-0.2, -0.15) is 0 Å². The summed E-state index contributed by atoms with van der Waals surface area (Å²) in [4.78, 5) is 0. The lowest BCUT2D eigenvalue weighted by atomic mass is 10.1. The SMILES string of the molecule is CCCCCS(=O)CC(N)c1ccc(OC)cc1OC. The highest BCUT2D eigenvalue weighted by atomic mass is 32.2. The first kappa shape index (κ1) is 17.0. The van der Waals surface area contributed by atoms with Gasteiger partial charge in [0.2, 0.25) is 0 Å². The monoisotopic (exact) mass is 299 g/mol. The van der Waals surface area contributed by atoms with Crippen LogP contribution in [0.2, 0.25) is 0 Å². The van der Waals surface area contributed by atoms with Crippen LogP contribution in [0.5, 0.6) is 11.5 Å². The van der Waals surface area contributed by atoms with Crippen LogP contribution in [0, 0.1) is 0 Å². The van der Waals surface area contributed by atoms with E-state index in [1.165, 1.54) is 0 Å². The highest BCUT2D eigenvalue weighted by molar-refractivity contribution is 7.85. The minimum atomic E-state index is -0.881. The Balaban J connectivity index is 2.66. The summed E-state index contributed by atoms with van der Waals surface area (Å²) in [5.74, 6) is 2.59. The number of rotatable bonds is 9. The molecule has 0 spiro atoms. The first-order chi connectivity index (χ1) is 9.62. The van der Waals surface area contributed by atoms with Crippen molar-refractivity contribution < 1.29 is 13.7 Å². The van der Waals surface area contributed by atoms with Crippen LogP contribution < -0.4 is 15.2 Å². The van der Waals surface area contributed by atoms with Crippen LogP contribution in [-0.4, -0.2) is 29.9 Å². The van der Waals surface area contributed by atoms with Crippen molar-refractivity contribution in [1.29, 1.82) is 0 Å². The van der Waals surface area contributed by atoms with Crippen LogP contribution in [0.4, 0.5) is 0 Å². The first-order valence-corrected chi connectivity index (χ1v) is 8.43. The van der Waals surface area contributed by atoms with Gasteiger partial charge in [-0.15, -0.1) is 0 Å². The van der Waals surface area contributed by atoms with Crippen molar-refractivity contribution >= 4 is 10.8 Å². The Morgan fingerprint density at radius 2 is 2.00 bits per heavy atom. The molecule has 0 saturated heterocycles. The van der Waals surface area contributed by atoms with E-state index in [-0.39, 0.29) is 6.04 Å². The van der Waals surface area contributed by atoms with E-state index in [4.69, 9.17) is 15.2 Å².